The van der Waals surface area contributed by atoms with Crippen LogP contribution in [0, 0.1) is 0 Å². The fraction of sp³-hybridized carbons (Fsp3) is 0.667. The Morgan fingerprint density at radius 2 is 2.10 bits per heavy atom. The van der Waals surface area contributed by atoms with Crippen LogP contribution >= 0.6 is 0 Å². The van der Waals surface area contributed by atoms with E-state index in [0.717, 1.165) is 25.9 Å². The average molecular weight is 424 g/mol. The Hall–Kier alpha value is -1.64. The number of hydrogen-bond donors (Lipinski definition) is 2. The molecule has 0 aliphatic carbocycles. The molecule has 3 rings (SSSR count). The van der Waals surface area contributed by atoms with Gasteiger partial charge < -0.3 is 10.1 Å². The first-order valence-corrected chi connectivity index (χ1v) is 12.2. The summed E-state index contributed by atoms with van der Waals surface area (Å²) in [6.07, 6.45) is 7.60. The monoisotopic (exact) mass is 423 g/mol. The second-order valence-corrected chi connectivity index (χ2v) is 9.80. The number of sulfonamides is 1. The molecule has 2 aliphatic rings. The number of carbonyl (C=O) groups excluding carboxylic acids is 1. The standard InChI is InChI=1S/C21H33N3O4S/c1-3-4-5-6-9-24-10-7-8-17(24)14-23-21(25)19-13-18(29(22,26)27)12-16-11-15(2)28-20(16)19/h12-13,15,17H,3-11,14H2,1-2H3,(H,23,25)(H2,22,26,27)/t15-,17-/m0/s1. The molecule has 2 atom stereocenters. The van der Waals surface area contributed by atoms with Crippen molar-refractivity contribution in [3.63, 3.8) is 0 Å². The van der Waals surface area contributed by atoms with Gasteiger partial charge in [0.2, 0.25) is 10.0 Å². The lowest BCUT2D eigenvalue weighted by atomic mass is 10.1. The van der Waals surface area contributed by atoms with Crippen molar-refractivity contribution in [1.82, 2.24) is 10.2 Å². The Bertz CT molecular complexity index is 841. The van der Waals surface area contributed by atoms with Gasteiger partial charge in [-0.25, -0.2) is 13.6 Å². The molecule has 0 spiro atoms. The first kappa shape index (κ1) is 22.1. The molecule has 8 heteroatoms. The number of fused-ring (bicyclic) bond motifs is 1. The Labute approximate surface area is 174 Å². The Morgan fingerprint density at radius 3 is 2.83 bits per heavy atom. The van der Waals surface area contributed by atoms with Gasteiger partial charge >= 0.3 is 0 Å². The maximum atomic E-state index is 12.9. The fourth-order valence-corrected chi connectivity index (χ4v) is 4.89. The number of benzene rings is 1. The molecule has 0 bridgehead atoms. The molecule has 1 saturated heterocycles. The summed E-state index contributed by atoms with van der Waals surface area (Å²) < 4.78 is 29.5. The van der Waals surface area contributed by atoms with Crippen LogP contribution in [-0.2, 0) is 16.4 Å². The summed E-state index contributed by atoms with van der Waals surface area (Å²) in [4.78, 5) is 15.3. The molecule has 1 amide bonds. The van der Waals surface area contributed by atoms with Crippen LogP contribution in [0.25, 0.3) is 0 Å². The zero-order valence-electron chi connectivity index (χ0n) is 17.4. The average Bonchev–Trinajstić information content (AvgIpc) is 3.26. The van der Waals surface area contributed by atoms with E-state index in [2.05, 4.69) is 17.1 Å². The highest BCUT2D eigenvalue weighted by molar-refractivity contribution is 7.89. The van der Waals surface area contributed by atoms with Gasteiger partial charge in [0.1, 0.15) is 11.9 Å². The van der Waals surface area contributed by atoms with E-state index >= 15 is 0 Å². The predicted octanol–water partition coefficient (Wildman–Crippen LogP) is 2.43. The number of ether oxygens (including phenoxy) is 1. The van der Waals surface area contributed by atoms with Crippen molar-refractivity contribution in [2.45, 2.75) is 75.8 Å². The predicted molar refractivity (Wildman–Crippen MR) is 113 cm³/mol. The molecular formula is C21H33N3O4S. The van der Waals surface area contributed by atoms with E-state index in [-0.39, 0.29) is 22.5 Å². The normalized spacial score (nSPS) is 21.8. The molecule has 0 saturated carbocycles. The van der Waals surface area contributed by atoms with Gasteiger partial charge in [0.15, 0.2) is 0 Å². The van der Waals surface area contributed by atoms with Crippen LogP contribution in [0.2, 0.25) is 0 Å². The molecule has 1 aromatic carbocycles. The molecular weight excluding hydrogens is 390 g/mol. The number of likely N-dealkylation sites (tertiary alicyclic amines) is 1. The van der Waals surface area contributed by atoms with Gasteiger partial charge in [0, 0.05) is 19.0 Å². The summed E-state index contributed by atoms with van der Waals surface area (Å²) in [6, 6.07) is 3.17. The first-order valence-electron chi connectivity index (χ1n) is 10.7. The third-order valence-corrected chi connectivity index (χ3v) is 6.73. The maximum Gasteiger partial charge on any atom is 0.255 e. The van der Waals surface area contributed by atoms with Gasteiger partial charge in [-0.3, -0.25) is 9.69 Å². The van der Waals surface area contributed by atoms with Gasteiger partial charge in [-0.1, -0.05) is 26.2 Å². The van der Waals surface area contributed by atoms with Crippen LogP contribution in [0.1, 0.15) is 68.3 Å². The molecule has 3 N–H and O–H groups in total. The third-order valence-electron chi connectivity index (χ3n) is 5.84. The minimum atomic E-state index is -3.90. The molecule has 7 nitrogen and oxygen atoms in total. The van der Waals surface area contributed by atoms with Crippen LogP contribution in [0.4, 0.5) is 0 Å². The lowest BCUT2D eigenvalue weighted by Crippen LogP contribution is -2.40. The lowest BCUT2D eigenvalue weighted by molar-refractivity contribution is 0.0935. The minimum Gasteiger partial charge on any atom is -0.489 e. The quantitative estimate of drug-likeness (QED) is 0.594. The van der Waals surface area contributed by atoms with Crippen LogP contribution in [-0.4, -0.2) is 51.0 Å². The molecule has 0 radical (unpaired) electrons. The summed E-state index contributed by atoms with van der Waals surface area (Å²) in [6.45, 7) is 6.80. The number of carbonyl (C=O) groups is 1. The van der Waals surface area contributed by atoms with E-state index < -0.39 is 10.0 Å². The molecule has 2 aliphatic heterocycles. The topological polar surface area (TPSA) is 102 Å². The van der Waals surface area contributed by atoms with Gasteiger partial charge in [-0.2, -0.15) is 0 Å². The molecule has 0 aromatic heterocycles. The highest BCUT2D eigenvalue weighted by atomic mass is 32.2. The second kappa shape index (κ2) is 9.45. The van der Waals surface area contributed by atoms with Crippen molar-refractivity contribution in [2.24, 2.45) is 5.14 Å². The van der Waals surface area contributed by atoms with Crippen molar-refractivity contribution in [1.29, 1.82) is 0 Å². The molecule has 1 fully saturated rings. The van der Waals surface area contributed by atoms with E-state index in [1.54, 1.807) is 0 Å². The summed E-state index contributed by atoms with van der Waals surface area (Å²) in [5.74, 6) is 0.170. The number of unbranched alkanes of at least 4 members (excludes halogenated alkanes) is 3. The SMILES string of the molecule is CCCCCCN1CCC[C@H]1CNC(=O)c1cc(S(N)(=O)=O)cc2c1O[C@@H](C)C2. The van der Waals surface area contributed by atoms with Gasteiger partial charge in [0.05, 0.1) is 10.5 Å². The Kier molecular flexibility index (Phi) is 7.19. The second-order valence-electron chi connectivity index (χ2n) is 8.24. The number of rotatable bonds is 9. The van der Waals surface area contributed by atoms with Crippen molar-refractivity contribution in [2.75, 3.05) is 19.6 Å². The van der Waals surface area contributed by atoms with Gasteiger partial charge in [-0.05, 0) is 57.0 Å². The molecule has 162 valence electrons. The highest BCUT2D eigenvalue weighted by Gasteiger charge is 2.29. The smallest absolute Gasteiger partial charge is 0.255 e. The Balaban J connectivity index is 1.67. The molecule has 1 aromatic rings. The van der Waals surface area contributed by atoms with Crippen LogP contribution in [0.3, 0.4) is 0 Å². The van der Waals surface area contributed by atoms with E-state index in [0.29, 0.717) is 30.3 Å². The van der Waals surface area contributed by atoms with Crippen molar-refractivity contribution >= 4 is 15.9 Å². The molecule has 2 heterocycles. The van der Waals surface area contributed by atoms with E-state index in [1.807, 2.05) is 6.92 Å². The summed E-state index contributed by atoms with van der Waals surface area (Å²) in [5.41, 5.74) is 0.968. The molecule has 0 unspecified atom stereocenters. The van der Waals surface area contributed by atoms with E-state index in [9.17, 15) is 13.2 Å². The number of hydrogen-bond acceptors (Lipinski definition) is 5. The minimum absolute atomic E-state index is 0.0440. The molecule has 29 heavy (non-hydrogen) atoms. The van der Waals surface area contributed by atoms with Crippen molar-refractivity contribution in [3.8, 4) is 5.75 Å². The largest absolute Gasteiger partial charge is 0.489 e. The zero-order valence-corrected chi connectivity index (χ0v) is 18.3. The van der Waals surface area contributed by atoms with E-state index in [1.165, 1.54) is 37.8 Å². The number of nitrogens with two attached hydrogens (primary N) is 1. The highest BCUT2D eigenvalue weighted by Crippen LogP contribution is 2.35. The van der Waals surface area contributed by atoms with Crippen LogP contribution in [0.5, 0.6) is 5.75 Å². The third kappa shape index (κ3) is 5.49. The maximum absolute atomic E-state index is 12.9. The Morgan fingerprint density at radius 1 is 1.31 bits per heavy atom. The van der Waals surface area contributed by atoms with Crippen molar-refractivity contribution in [3.05, 3.63) is 23.3 Å². The van der Waals surface area contributed by atoms with Gasteiger partial charge in [-0.15, -0.1) is 0 Å². The summed E-state index contributed by atoms with van der Waals surface area (Å²) in [5, 5.41) is 8.31. The number of amides is 1. The lowest BCUT2D eigenvalue weighted by Gasteiger charge is -2.25. The summed E-state index contributed by atoms with van der Waals surface area (Å²) >= 11 is 0. The van der Waals surface area contributed by atoms with Crippen molar-refractivity contribution < 1.29 is 17.9 Å². The summed E-state index contributed by atoms with van der Waals surface area (Å²) in [7, 11) is -3.90. The first-order chi connectivity index (χ1) is 13.8. The van der Waals surface area contributed by atoms with Crippen LogP contribution in [0.15, 0.2) is 17.0 Å². The van der Waals surface area contributed by atoms with Gasteiger partial charge in [0.25, 0.3) is 5.91 Å². The number of nitrogens with zero attached hydrogens (tertiary/aromatic N) is 1. The number of primary sulfonamides is 1. The van der Waals surface area contributed by atoms with Crippen LogP contribution < -0.4 is 15.2 Å². The fourth-order valence-electron chi connectivity index (χ4n) is 4.30. The van der Waals surface area contributed by atoms with E-state index in [4.69, 9.17) is 9.88 Å². The number of nitrogens with one attached hydrogen (secondary N) is 1. The zero-order chi connectivity index (χ0) is 21.0.